The van der Waals surface area contributed by atoms with Crippen molar-refractivity contribution in [1.82, 2.24) is 5.32 Å². The van der Waals surface area contributed by atoms with Crippen LogP contribution in [0.15, 0.2) is 36.5 Å². The maximum atomic E-state index is 12.3. The zero-order chi connectivity index (χ0) is 29.0. The molecular weight excluding hydrogens is 510 g/mol. The number of hydrogen-bond acceptors (Lipinski definition) is 4. The van der Waals surface area contributed by atoms with Gasteiger partial charge in [0.25, 0.3) is 10.1 Å². The standard InChI is InChI=1S/C32H59NO5S/c1-3-5-7-9-11-12-13-14-15-16-17-18-19-20-22-23-25-27-31(34)30(29-39(36,37)38)33-32(35)28-26-24-21-10-8-6-4-2/h15-16,19-20,25,27,30-31,34H,3-14,17-18,21-24,26,28-29H2,1-2H3,(H,33,35)(H,36,37,38)/b16-15+,20-19+,27-25+. The van der Waals surface area contributed by atoms with Crippen molar-refractivity contribution >= 4 is 16.0 Å². The van der Waals surface area contributed by atoms with Crippen LogP contribution in [-0.4, -0.2) is 41.9 Å². The summed E-state index contributed by atoms with van der Waals surface area (Å²) >= 11 is 0. The number of unbranched alkanes of at least 4 members (excludes halogenated alkanes) is 15. The van der Waals surface area contributed by atoms with Crippen LogP contribution in [0.5, 0.6) is 0 Å². The molecule has 0 saturated heterocycles. The molecule has 0 aliphatic carbocycles. The molecule has 0 aromatic rings. The summed E-state index contributed by atoms with van der Waals surface area (Å²) in [6, 6.07) is -1.07. The molecule has 0 aliphatic heterocycles. The van der Waals surface area contributed by atoms with Crippen LogP contribution in [0, 0.1) is 0 Å². The fourth-order valence-corrected chi connectivity index (χ4v) is 5.15. The fraction of sp³-hybridized carbons (Fsp3) is 0.781. The van der Waals surface area contributed by atoms with Gasteiger partial charge >= 0.3 is 0 Å². The Morgan fingerprint density at radius 3 is 1.62 bits per heavy atom. The Morgan fingerprint density at radius 2 is 1.10 bits per heavy atom. The molecule has 0 saturated carbocycles. The number of hydrogen-bond donors (Lipinski definition) is 3. The number of aliphatic hydroxyl groups is 1. The van der Waals surface area contributed by atoms with E-state index in [1.165, 1.54) is 76.7 Å². The minimum absolute atomic E-state index is 0.283. The smallest absolute Gasteiger partial charge is 0.267 e. The van der Waals surface area contributed by atoms with Gasteiger partial charge in [-0.15, -0.1) is 0 Å². The fourth-order valence-electron chi connectivity index (χ4n) is 4.42. The van der Waals surface area contributed by atoms with E-state index in [2.05, 4.69) is 43.5 Å². The first-order valence-electron chi connectivity index (χ1n) is 15.7. The first-order valence-corrected chi connectivity index (χ1v) is 17.3. The van der Waals surface area contributed by atoms with E-state index in [4.69, 9.17) is 0 Å². The van der Waals surface area contributed by atoms with Gasteiger partial charge in [0.1, 0.15) is 0 Å². The number of rotatable bonds is 27. The average molecular weight is 570 g/mol. The Hall–Kier alpha value is -1.44. The third kappa shape index (κ3) is 27.9. The van der Waals surface area contributed by atoms with E-state index in [-0.39, 0.29) is 12.3 Å². The molecule has 0 spiro atoms. The van der Waals surface area contributed by atoms with Gasteiger partial charge in [-0.3, -0.25) is 9.35 Å². The summed E-state index contributed by atoms with van der Waals surface area (Å²) in [5.41, 5.74) is 0. The number of amides is 1. The maximum absolute atomic E-state index is 12.3. The summed E-state index contributed by atoms with van der Waals surface area (Å²) in [5.74, 6) is -1.02. The third-order valence-electron chi connectivity index (χ3n) is 6.80. The molecule has 0 bridgehead atoms. The lowest BCUT2D eigenvalue weighted by Gasteiger charge is -2.21. The number of allylic oxidation sites excluding steroid dienone is 5. The van der Waals surface area contributed by atoms with Gasteiger partial charge in [-0.2, -0.15) is 8.42 Å². The Balaban J connectivity index is 4.13. The van der Waals surface area contributed by atoms with Gasteiger partial charge in [0.05, 0.1) is 17.9 Å². The third-order valence-corrected chi connectivity index (χ3v) is 7.58. The van der Waals surface area contributed by atoms with Crippen molar-refractivity contribution in [1.29, 1.82) is 0 Å². The summed E-state index contributed by atoms with van der Waals surface area (Å²) in [7, 11) is -4.34. The van der Waals surface area contributed by atoms with Crippen LogP contribution < -0.4 is 5.32 Å². The van der Waals surface area contributed by atoms with Crippen LogP contribution in [0.4, 0.5) is 0 Å². The number of carbonyl (C=O) groups is 1. The molecule has 2 atom stereocenters. The lowest BCUT2D eigenvalue weighted by Crippen LogP contribution is -2.46. The Kier molecular flexibility index (Phi) is 25.8. The molecule has 1 amide bonds. The van der Waals surface area contributed by atoms with Crippen molar-refractivity contribution in [3.8, 4) is 0 Å². The van der Waals surface area contributed by atoms with E-state index in [9.17, 15) is 22.9 Å². The van der Waals surface area contributed by atoms with Gasteiger partial charge < -0.3 is 10.4 Å². The molecule has 0 aromatic carbocycles. The van der Waals surface area contributed by atoms with Crippen LogP contribution in [0.1, 0.15) is 142 Å². The van der Waals surface area contributed by atoms with E-state index < -0.39 is 28.0 Å². The van der Waals surface area contributed by atoms with Crippen molar-refractivity contribution in [3.63, 3.8) is 0 Å². The monoisotopic (exact) mass is 569 g/mol. The largest absolute Gasteiger partial charge is 0.387 e. The van der Waals surface area contributed by atoms with Crippen molar-refractivity contribution in [2.24, 2.45) is 0 Å². The van der Waals surface area contributed by atoms with Crippen LogP contribution >= 0.6 is 0 Å². The minimum Gasteiger partial charge on any atom is -0.387 e. The lowest BCUT2D eigenvalue weighted by molar-refractivity contribution is -0.122. The van der Waals surface area contributed by atoms with Crippen LogP contribution in [0.3, 0.4) is 0 Å². The summed E-state index contributed by atoms with van der Waals surface area (Å²) in [6.07, 6.45) is 32.9. The molecule has 0 rings (SSSR count). The second kappa shape index (κ2) is 26.8. The summed E-state index contributed by atoms with van der Waals surface area (Å²) in [5, 5.41) is 13.0. The first kappa shape index (κ1) is 37.6. The molecular formula is C32H59NO5S. The highest BCUT2D eigenvalue weighted by Crippen LogP contribution is 2.10. The number of nitrogens with one attached hydrogen (secondary N) is 1. The zero-order valence-corrected chi connectivity index (χ0v) is 25.8. The van der Waals surface area contributed by atoms with Crippen LogP contribution in [0.2, 0.25) is 0 Å². The van der Waals surface area contributed by atoms with Crippen LogP contribution in [0.25, 0.3) is 0 Å². The SMILES string of the molecule is CCCCCCCCC/C=C/CC/C=C/CC/C=C/C(O)C(CS(=O)(=O)O)NC(=O)CCCCCCCCC. The molecule has 2 unspecified atom stereocenters. The quantitative estimate of drug-likeness (QED) is 0.0525. The van der Waals surface area contributed by atoms with Gasteiger partial charge in [0.2, 0.25) is 5.91 Å². The Morgan fingerprint density at radius 1 is 0.667 bits per heavy atom. The topological polar surface area (TPSA) is 104 Å². The zero-order valence-electron chi connectivity index (χ0n) is 25.0. The minimum atomic E-state index is -4.34. The van der Waals surface area contributed by atoms with Crippen LogP contribution in [-0.2, 0) is 14.9 Å². The van der Waals surface area contributed by atoms with E-state index in [1.807, 2.05) is 0 Å². The second-order valence-corrected chi connectivity index (χ2v) is 12.2. The predicted molar refractivity (Wildman–Crippen MR) is 165 cm³/mol. The Labute approximate surface area is 240 Å². The molecule has 7 heteroatoms. The van der Waals surface area contributed by atoms with Gasteiger partial charge in [-0.05, 0) is 44.9 Å². The van der Waals surface area contributed by atoms with Gasteiger partial charge in [-0.1, -0.05) is 127 Å². The summed E-state index contributed by atoms with van der Waals surface area (Å²) in [4.78, 5) is 12.3. The second-order valence-electron chi connectivity index (χ2n) is 10.7. The normalized spacial score (nSPS) is 14.1. The van der Waals surface area contributed by atoms with Gasteiger partial charge in [0.15, 0.2) is 0 Å². The summed E-state index contributed by atoms with van der Waals surface area (Å²) < 4.78 is 32.1. The maximum Gasteiger partial charge on any atom is 0.267 e. The lowest BCUT2D eigenvalue weighted by atomic mass is 10.1. The van der Waals surface area contributed by atoms with Gasteiger partial charge in [0, 0.05) is 6.42 Å². The van der Waals surface area contributed by atoms with Gasteiger partial charge in [-0.25, -0.2) is 0 Å². The molecule has 3 N–H and O–H groups in total. The highest BCUT2D eigenvalue weighted by atomic mass is 32.2. The predicted octanol–water partition coefficient (Wildman–Crippen LogP) is 8.23. The molecule has 6 nitrogen and oxygen atoms in total. The molecule has 0 heterocycles. The number of aliphatic hydroxyl groups excluding tert-OH is 1. The van der Waals surface area contributed by atoms with E-state index in [1.54, 1.807) is 6.08 Å². The van der Waals surface area contributed by atoms with Crippen molar-refractivity contribution in [2.75, 3.05) is 5.75 Å². The molecule has 0 aromatic heterocycles. The number of carbonyl (C=O) groups excluding carboxylic acids is 1. The highest BCUT2D eigenvalue weighted by Gasteiger charge is 2.24. The van der Waals surface area contributed by atoms with Crippen molar-refractivity contribution < 1.29 is 22.9 Å². The van der Waals surface area contributed by atoms with Crippen molar-refractivity contribution in [2.45, 2.75) is 154 Å². The molecule has 0 aliphatic rings. The van der Waals surface area contributed by atoms with E-state index >= 15 is 0 Å². The van der Waals surface area contributed by atoms with E-state index in [0.717, 1.165) is 44.9 Å². The highest BCUT2D eigenvalue weighted by molar-refractivity contribution is 7.85. The van der Waals surface area contributed by atoms with E-state index in [0.29, 0.717) is 6.42 Å². The first-order chi connectivity index (χ1) is 18.8. The summed E-state index contributed by atoms with van der Waals surface area (Å²) in [6.45, 7) is 4.42. The average Bonchev–Trinajstić information content (AvgIpc) is 2.88. The Bertz CT molecular complexity index is 761. The molecule has 39 heavy (non-hydrogen) atoms. The van der Waals surface area contributed by atoms with Crippen molar-refractivity contribution in [3.05, 3.63) is 36.5 Å². The molecule has 0 radical (unpaired) electrons. The molecule has 0 fully saturated rings. The molecule has 228 valence electrons.